The highest BCUT2D eigenvalue weighted by molar-refractivity contribution is 9.10. The first kappa shape index (κ1) is 11.3. The van der Waals surface area contributed by atoms with Crippen LogP contribution >= 0.6 is 15.9 Å². The van der Waals surface area contributed by atoms with Gasteiger partial charge in [-0.3, -0.25) is 0 Å². The molecule has 6 heteroatoms. The van der Waals surface area contributed by atoms with Gasteiger partial charge in [0, 0.05) is 9.86 Å². The van der Waals surface area contributed by atoms with Crippen molar-refractivity contribution in [3.63, 3.8) is 0 Å². The molecule has 0 unspecified atom stereocenters. The van der Waals surface area contributed by atoms with E-state index >= 15 is 0 Å². The summed E-state index contributed by atoms with van der Waals surface area (Å²) in [7, 11) is 0. The number of halogens is 6. The van der Waals surface area contributed by atoms with Crippen LogP contribution in [-0.4, -0.2) is 0 Å². The average Bonchev–Trinajstić information content (AvgIpc) is 2.26. The number of hydrogen-bond acceptors (Lipinski definition) is 0. The summed E-state index contributed by atoms with van der Waals surface area (Å²) in [4.78, 5) is 0. The molecule has 0 spiro atoms. The van der Waals surface area contributed by atoms with Crippen LogP contribution in [0.15, 0.2) is 16.6 Å². The van der Waals surface area contributed by atoms with E-state index in [0.717, 1.165) is 12.1 Å². The third-order valence-corrected chi connectivity index (χ3v) is 2.78. The first-order chi connectivity index (χ1) is 7.45. The molecular weight excluding hydrogens is 295 g/mol. The summed E-state index contributed by atoms with van der Waals surface area (Å²) < 4.78 is 65.4. The number of rotatable bonds is 0. The highest BCUT2D eigenvalue weighted by Gasteiger charge is 2.23. The van der Waals surface area contributed by atoms with Crippen LogP contribution in [0.5, 0.6) is 0 Å². The molecule has 0 fully saturated rings. The van der Waals surface area contributed by atoms with Gasteiger partial charge in [-0.25, -0.2) is 22.0 Å². The Morgan fingerprint density at radius 3 is 1.75 bits per heavy atom. The second kappa shape index (κ2) is 3.69. The zero-order valence-electron chi connectivity index (χ0n) is 7.42. The summed E-state index contributed by atoms with van der Waals surface area (Å²) in [6.45, 7) is 0. The molecule has 0 aliphatic carbocycles. The monoisotopic (exact) mass is 296 g/mol. The van der Waals surface area contributed by atoms with Crippen LogP contribution < -0.4 is 0 Å². The van der Waals surface area contributed by atoms with Gasteiger partial charge in [0.1, 0.15) is 5.82 Å². The summed E-state index contributed by atoms with van der Waals surface area (Å²) in [5, 5.41) is -1.57. The molecule has 2 aromatic rings. The van der Waals surface area contributed by atoms with E-state index < -0.39 is 39.9 Å². The van der Waals surface area contributed by atoms with Gasteiger partial charge in [0.05, 0.1) is 5.39 Å². The van der Waals surface area contributed by atoms with E-state index in [1.807, 2.05) is 0 Å². The van der Waals surface area contributed by atoms with Gasteiger partial charge in [-0.1, -0.05) is 15.9 Å². The molecule has 0 saturated carbocycles. The van der Waals surface area contributed by atoms with E-state index in [9.17, 15) is 22.0 Å². The molecule has 0 aliphatic heterocycles. The van der Waals surface area contributed by atoms with E-state index in [-0.39, 0.29) is 4.47 Å². The average molecular weight is 297 g/mol. The lowest BCUT2D eigenvalue weighted by molar-refractivity contribution is 0.416. The van der Waals surface area contributed by atoms with Crippen LogP contribution in [0.2, 0.25) is 0 Å². The van der Waals surface area contributed by atoms with Gasteiger partial charge in [-0.15, -0.1) is 0 Å². The Morgan fingerprint density at radius 1 is 0.688 bits per heavy atom. The molecule has 0 bridgehead atoms. The van der Waals surface area contributed by atoms with Crippen molar-refractivity contribution in [2.45, 2.75) is 0 Å². The Morgan fingerprint density at radius 2 is 1.19 bits per heavy atom. The number of hydrogen-bond donors (Lipinski definition) is 0. The Bertz CT molecular complexity index is 541. The molecule has 0 atom stereocenters. The lowest BCUT2D eigenvalue weighted by Crippen LogP contribution is -2.00. The summed E-state index contributed by atoms with van der Waals surface area (Å²) in [6.07, 6.45) is 0. The highest BCUT2D eigenvalue weighted by Crippen LogP contribution is 2.33. The van der Waals surface area contributed by atoms with Crippen molar-refractivity contribution in [3.05, 3.63) is 45.7 Å². The van der Waals surface area contributed by atoms with Crippen LogP contribution in [0, 0.1) is 29.1 Å². The Balaban J connectivity index is 3.14. The van der Waals surface area contributed by atoms with Crippen molar-refractivity contribution in [1.29, 1.82) is 0 Å². The second-order valence-corrected chi connectivity index (χ2v) is 3.89. The van der Waals surface area contributed by atoms with Crippen molar-refractivity contribution >= 4 is 26.7 Å². The predicted octanol–water partition coefficient (Wildman–Crippen LogP) is 4.30. The maximum absolute atomic E-state index is 13.3. The van der Waals surface area contributed by atoms with Gasteiger partial charge in [0.15, 0.2) is 23.3 Å². The molecule has 0 saturated heterocycles. The normalized spacial score (nSPS) is 11.1. The summed E-state index contributed by atoms with van der Waals surface area (Å²) in [5.41, 5.74) is 0. The molecule has 2 aromatic carbocycles. The largest absolute Gasteiger partial charge is 0.206 e. The van der Waals surface area contributed by atoms with Crippen LogP contribution in [-0.2, 0) is 0 Å². The SMILES string of the molecule is Fc1c(F)c(F)c2c(Br)ccc(F)c2c1F. The fraction of sp³-hybridized carbons (Fsp3) is 0. The van der Waals surface area contributed by atoms with Gasteiger partial charge in [0.25, 0.3) is 0 Å². The van der Waals surface area contributed by atoms with Crippen molar-refractivity contribution in [2.75, 3.05) is 0 Å². The first-order valence-corrected chi connectivity index (χ1v) is 4.84. The smallest absolute Gasteiger partial charge is 0.198 e. The van der Waals surface area contributed by atoms with Gasteiger partial charge < -0.3 is 0 Å². The maximum atomic E-state index is 13.3. The van der Waals surface area contributed by atoms with Gasteiger partial charge in [-0.05, 0) is 12.1 Å². The zero-order chi connectivity index (χ0) is 12.0. The van der Waals surface area contributed by atoms with Gasteiger partial charge >= 0.3 is 0 Å². The summed E-state index contributed by atoms with van der Waals surface area (Å²) >= 11 is 2.81. The maximum Gasteiger partial charge on any atom is 0.198 e. The fourth-order valence-electron chi connectivity index (χ4n) is 1.39. The number of fused-ring (bicyclic) bond motifs is 1. The van der Waals surface area contributed by atoms with Crippen LogP contribution in [0.4, 0.5) is 22.0 Å². The van der Waals surface area contributed by atoms with E-state index in [1.54, 1.807) is 0 Å². The van der Waals surface area contributed by atoms with Crippen molar-refractivity contribution in [2.24, 2.45) is 0 Å². The molecule has 84 valence electrons. The zero-order valence-corrected chi connectivity index (χ0v) is 9.01. The molecule has 0 aliphatic rings. The van der Waals surface area contributed by atoms with Gasteiger partial charge in [0.2, 0.25) is 0 Å². The molecule has 0 aromatic heterocycles. The first-order valence-electron chi connectivity index (χ1n) is 4.04. The summed E-state index contributed by atoms with van der Waals surface area (Å²) in [5.74, 6) is -8.51. The molecular formula is C10H2BrF5. The van der Waals surface area contributed by atoms with Crippen LogP contribution in [0.1, 0.15) is 0 Å². The minimum Gasteiger partial charge on any atom is -0.206 e. The minimum absolute atomic E-state index is 0.0563. The van der Waals surface area contributed by atoms with Gasteiger partial charge in [-0.2, -0.15) is 0 Å². The van der Waals surface area contributed by atoms with E-state index in [2.05, 4.69) is 15.9 Å². The molecule has 2 rings (SSSR count). The standard InChI is InChI=1S/C10H2BrF5/c11-3-1-2-4(12)6-5(3)7(13)9(15)10(16)8(6)14/h1-2H. The van der Waals surface area contributed by atoms with E-state index in [4.69, 9.17) is 0 Å². The van der Waals surface area contributed by atoms with Crippen molar-refractivity contribution in [3.8, 4) is 0 Å². The molecule has 0 N–H and O–H groups in total. The molecule has 0 nitrogen and oxygen atoms in total. The third-order valence-electron chi connectivity index (χ3n) is 2.12. The minimum atomic E-state index is -2.03. The lowest BCUT2D eigenvalue weighted by atomic mass is 10.1. The third kappa shape index (κ3) is 1.40. The lowest BCUT2D eigenvalue weighted by Gasteiger charge is -2.07. The molecule has 16 heavy (non-hydrogen) atoms. The number of benzene rings is 2. The Hall–Kier alpha value is -1.17. The molecule has 0 amide bonds. The fourth-order valence-corrected chi connectivity index (χ4v) is 1.90. The Kier molecular flexibility index (Phi) is 2.61. The Labute approximate surface area is 94.8 Å². The van der Waals surface area contributed by atoms with Crippen LogP contribution in [0.25, 0.3) is 10.8 Å². The molecule has 0 heterocycles. The van der Waals surface area contributed by atoms with Crippen LogP contribution in [0.3, 0.4) is 0 Å². The molecule has 0 radical (unpaired) electrons. The predicted molar refractivity (Wildman–Crippen MR) is 51.4 cm³/mol. The van der Waals surface area contributed by atoms with E-state index in [0.29, 0.717) is 0 Å². The highest BCUT2D eigenvalue weighted by atomic mass is 79.9. The summed E-state index contributed by atoms with van der Waals surface area (Å²) in [6, 6.07) is 1.91. The van der Waals surface area contributed by atoms with Crippen molar-refractivity contribution < 1.29 is 22.0 Å². The second-order valence-electron chi connectivity index (χ2n) is 3.04. The van der Waals surface area contributed by atoms with Crippen molar-refractivity contribution in [1.82, 2.24) is 0 Å². The quantitative estimate of drug-likeness (QED) is 0.386. The topological polar surface area (TPSA) is 0 Å². The van der Waals surface area contributed by atoms with E-state index in [1.165, 1.54) is 0 Å².